The Kier molecular flexibility index (Phi) is 38.5. The molecule has 6 rings (SSSR count). The van der Waals surface area contributed by atoms with Crippen molar-refractivity contribution < 1.29 is 292 Å². The molecule has 0 aliphatic rings. The van der Waals surface area contributed by atoms with E-state index in [-0.39, 0.29) is 12.2 Å². The lowest BCUT2D eigenvalue weighted by Gasteiger charge is -2.25. The first-order valence-corrected chi connectivity index (χ1v) is 37.6. The zero-order chi connectivity index (χ0) is 107. The summed E-state index contributed by atoms with van der Waals surface area (Å²) in [6, 6.07) is 16.6. The maximum atomic E-state index is 14.5. The van der Waals surface area contributed by atoms with Crippen molar-refractivity contribution >= 4 is 167 Å². The van der Waals surface area contributed by atoms with Gasteiger partial charge in [0.25, 0.3) is 0 Å². The molecule has 142 heavy (non-hydrogen) atoms. The molecule has 16 atom stereocenters. The number of aliphatic hydroxyl groups is 4. The number of hydrogen-bond acceptors (Lipinski definition) is 46. The topological polar surface area (TPSA) is 971 Å². The fourth-order valence-corrected chi connectivity index (χ4v) is 10.8. The van der Waals surface area contributed by atoms with Gasteiger partial charge in [0.15, 0.2) is 24.4 Å². The molecule has 0 radical (unpaired) electrons. The summed E-state index contributed by atoms with van der Waals surface area (Å²) in [4.78, 5) is 365. The van der Waals surface area contributed by atoms with Crippen molar-refractivity contribution in [1.29, 1.82) is 0 Å². The summed E-state index contributed by atoms with van der Waals surface area (Å²) < 4.78 is 67.3. The van der Waals surface area contributed by atoms with E-state index in [1.165, 1.54) is 0 Å². The number of carbonyl (C=O) groups excluding carboxylic acids is 14. The Morgan fingerprint density at radius 2 is 0.317 bits per heavy atom. The predicted molar refractivity (Wildman–Crippen MR) is 422 cm³/mol. The van der Waals surface area contributed by atoms with Crippen molar-refractivity contribution in [3.63, 3.8) is 0 Å². The summed E-state index contributed by atoms with van der Waals surface area (Å²) >= 11 is 0. The SMILES string of the molecule is O=C(/C=C\C(=O)OC(=O)C(OC(=O)c1ccccc1OC(C(=O)O)C(OC(=O)c1ccccc1C(=O)OC(C(=O)O)C(O)C(=O)O)C(=O)O)C(OC(=O)c1ccccc1C(=O)OC(C(=O)O)C(O)C(=O)O)C(=O)O)OC(=O)C(OC(=O)c1ccccc1OC(C(=O)O)C(OC(=O)c1ccccc1C(=O)OC(C(=O)O)C(O)C(=O)O)C(=O)O)C(OC(=O)c1ccccc1C(=O)OC(C(=O)O)C(O)C(=O)O)C(=O)O. The van der Waals surface area contributed by atoms with Gasteiger partial charge in [-0.1, -0.05) is 72.8 Å². The van der Waals surface area contributed by atoms with Crippen molar-refractivity contribution in [3.8, 4) is 11.5 Å². The number of carboxylic acid groups (broad SMARTS) is 14. The number of benzene rings is 6. The molecule has 0 amide bonds. The third-order valence-electron chi connectivity index (χ3n) is 17.4. The van der Waals surface area contributed by atoms with Crippen LogP contribution < -0.4 is 9.47 Å². The van der Waals surface area contributed by atoms with Crippen LogP contribution in [0.15, 0.2) is 158 Å². The molecule has 748 valence electrons. The Morgan fingerprint density at radius 1 is 0.176 bits per heavy atom. The standard InChI is InChI=1S/C82H60O60/c83-39(131-81(127)55(53(69(113)114)139-77(123)33-19-7-3-15-29(33)73(119)135-47(63(101)102)43(87)59(93)94)141-79(125)35-21-9-11-23-37(35)129-49(65(105)106)51(67(109)110)137-75(121)31-17-5-1-13-27(31)71(117)133-45(61(97)98)41(85)57(89)90)25-26-40(84)132-82(128)56(54(70(115)116)140-78(124)34-20-8-4-16-30(34)74(120)136-48(64(103)104)44(88)60(95)96)142-80(126)36-22-10-12-24-38(36)130-50(66(107)108)52(68(111)112)138-76(122)32-18-6-2-14-28(32)72(118)134-46(62(99)100)42(86)58(91)92/h1-26,41-56,85-88H,(H,89,90)(H,91,92)(H,93,94)(H,95,96)(H,97,98)(H,99,100)(H,101,102)(H,103,104)(H,105,106)(H,107,108)(H,109,110)(H,111,112)(H,113,114)(H,115,116)/b26-25-. The Morgan fingerprint density at radius 3 is 0.486 bits per heavy atom. The summed E-state index contributed by atoms with van der Waals surface area (Å²) in [6.07, 6.45) is -52.4. The summed E-state index contributed by atoms with van der Waals surface area (Å²) in [6.45, 7) is 0. The number of esters is 14. The molecular formula is C82H60O60. The monoisotopic (exact) mass is 2000 g/mol. The number of ether oxygens (including phenoxy) is 14. The van der Waals surface area contributed by atoms with Crippen molar-refractivity contribution in [2.45, 2.75) is 97.7 Å². The molecule has 0 saturated heterocycles. The molecule has 0 aliphatic carbocycles. The van der Waals surface area contributed by atoms with Crippen LogP contribution in [0.3, 0.4) is 0 Å². The summed E-state index contributed by atoms with van der Waals surface area (Å²) in [5.74, 6) is -68.4. The third kappa shape index (κ3) is 28.8. The summed E-state index contributed by atoms with van der Waals surface area (Å²) in [5, 5.41) is 177. The van der Waals surface area contributed by atoms with Gasteiger partial charge in [-0.05, 0) is 72.8 Å². The first-order chi connectivity index (χ1) is 66.5. The van der Waals surface area contributed by atoms with Gasteiger partial charge in [0.2, 0.25) is 73.2 Å². The normalized spacial score (nSPS) is 14.2. The molecule has 16 unspecified atom stereocenters. The van der Waals surface area contributed by atoms with E-state index >= 15 is 0 Å². The van der Waals surface area contributed by atoms with Crippen LogP contribution >= 0.6 is 0 Å². The molecule has 60 nitrogen and oxygen atoms in total. The van der Waals surface area contributed by atoms with E-state index in [0.29, 0.717) is 72.8 Å². The van der Waals surface area contributed by atoms with Crippen LogP contribution in [-0.4, -0.2) is 357 Å². The summed E-state index contributed by atoms with van der Waals surface area (Å²) in [7, 11) is 0. The van der Waals surface area contributed by atoms with Crippen molar-refractivity contribution in [3.05, 3.63) is 213 Å². The lowest BCUT2D eigenvalue weighted by Crippen LogP contribution is -2.48. The van der Waals surface area contributed by atoms with E-state index in [9.17, 15) is 216 Å². The van der Waals surface area contributed by atoms with Gasteiger partial charge in [-0.3, -0.25) is 0 Å². The van der Waals surface area contributed by atoms with Crippen LogP contribution in [0.4, 0.5) is 0 Å². The molecule has 18 N–H and O–H groups in total. The van der Waals surface area contributed by atoms with Gasteiger partial charge in [0.05, 0.1) is 44.5 Å². The van der Waals surface area contributed by atoms with Crippen molar-refractivity contribution in [2.24, 2.45) is 0 Å². The number of carboxylic acids is 14. The highest BCUT2D eigenvalue weighted by molar-refractivity contribution is 6.10. The first-order valence-electron chi connectivity index (χ1n) is 37.6. The number of para-hydroxylation sites is 2. The highest BCUT2D eigenvalue weighted by Crippen LogP contribution is 2.30. The number of aliphatic carboxylic acids is 14. The van der Waals surface area contributed by atoms with Crippen LogP contribution in [0.1, 0.15) is 104 Å². The van der Waals surface area contributed by atoms with E-state index in [0.717, 1.165) is 72.8 Å². The fraction of sp³-hybridized carbons (Fsp3) is 0.195. The lowest BCUT2D eigenvalue weighted by molar-refractivity contribution is -0.175. The fourth-order valence-electron chi connectivity index (χ4n) is 10.8. The maximum Gasteiger partial charge on any atom is 0.359 e. The molecular weight excluding hydrogens is 1940 g/mol. The van der Waals surface area contributed by atoms with Gasteiger partial charge in [0, 0.05) is 12.2 Å². The Hall–Kier alpha value is -19.9. The number of carbonyl (C=O) groups is 28. The molecule has 6 aromatic rings. The molecule has 6 aromatic carbocycles. The number of rotatable bonds is 50. The average Bonchev–Trinajstić information content (AvgIpc) is 0.817. The largest absolute Gasteiger partial charge is 0.479 e. The molecule has 0 heterocycles. The molecule has 0 fully saturated rings. The van der Waals surface area contributed by atoms with E-state index in [1.54, 1.807) is 0 Å². The Bertz CT molecular complexity index is 5790. The van der Waals surface area contributed by atoms with Crippen LogP contribution in [0.5, 0.6) is 11.5 Å². The zero-order valence-electron chi connectivity index (χ0n) is 69.4. The van der Waals surface area contributed by atoms with Crippen LogP contribution in [-0.2, 0) is 143 Å². The predicted octanol–water partition coefficient (Wildman–Crippen LogP) is -4.74. The van der Waals surface area contributed by atoms with Gasteiger partial charge in [-0.25, -0.2) is 134 Å². The van der Waals surface area contributed by atoms with Gasteiger partial charge in [0.1, 0.15) is 22.6 Å². The smallest absolute Gasteiger partial charge is 0.359 e. The Labute approximate surface area is 779 Å². The minimum atomic E-state index is -3.69. The molecule has 0 aliphatic heterocycles. The summed E-state index contributed by atoms with van der Waals surface area (Å²) in [5.41, 5.74) is -12.4. The molecule has 60 heteroatoms. The second-order valence-electron chi connectivity index (χ2n) is 26.8. The van der Waals surface area contributed by atoms with Gasteiger partial charge in [-0.2, -0.15) is 0 Å². The van der Waals surface area contributed by atoms with Crippen molar-refractivity contribution in [1.82, 2.24) is 0 Å². The van der Waals surface area contributed by atoms with E-state index in [4.69, 9.17) is 48.1 Å². The Balaban J connectivity index is 1.42. The maximum absolute atomic E-state index is 14.5. The molecule has 0 saturated carbocycles. The quantitative estimate of drug-likeness (QED) is 0.00738. The number of hydrogen-bond donors (Lipinski definition) is 18. The van der Waals surface area contributed by atoms with Gasteiger partial charge in [-0.15, -0.1) is 0 Å². The lowest BCUT2D eigenvalue weighted by atomic mass is 10.1. The molecule has 0 aromatic heterocycles. The minimum Gasteiger partial charge on any atom is -0.479 e. The minimum absolute atomic E-state index is 0.389. The van der Waals surface area contributed by atoms with Crippen LogP contribution in [0, 0.1) is 0 Å². The highest BCUT2D eigenvalue weighted by atomic mass is 16.7. The molecule has 0 bridgehead atoms. The average molecular weight is 2010 g/mol. The zero-order valence-corrected chi connectivity index (χ0v) is 69.4. The van der Waals surface area contributed by atoms with Crippen molar-refractivity contribution in [2.75, 3.05) is 0 Å². The highest BCUT2D eigenvalue weighted by Gasteiger charge is 2.50. The van der Waals surface area contributed by atoms with Gasteiger partial charge < -0.3 is 158 Å². The van der Waals surface area contributed by atoms with Crippen LogP contribution in [0.2, 0.25) is 0 Å². The molecule has 0 spiro atoms. The third-order valence-corrected chi connectivity index (χ3v) is 17.4. The van der Waals surface area contributed by atoms with E-state index in [1.807, 2.05) is 0 Å². The van der Waals surface area contributed by atoms with E-state index in [2.05, 4.69) is 28.4 Å². The second kappa shape index (κ2) is 49.3. The number of aliphatic hydroxyl groups excluding tert-OH is 4. The second-order valence-corrected chi connectivity index (χ2v) is 26.8. The van der Waals surface area contributed by atoms with E-state index < -0.39 is 332 Å². The van der Waals surface area contributed by atoms with Gasteiger partial charge >= 0.3 is 167 Å². The first kappa shape index (κ1) is 111. The van der Waals surface area contributed by atoms with Crippen LogP contribution in [0.25, 0.3) is 0 Å².